The molecule has 162 valence electrons. The van der Waals surface area contributed by atoms with Gasteiger partial charge in [-0.15, -0.1) is 11.8 Å². The first-order valence-electron chi connectivity index (χ1n) is 10.4. The fraction of sp³-hybridized carbons (Fsp3) is 0.810. The van der Waals surface area contributed by atoms with Crippen LogP contribution < -0.4 is 10.6 Å². The number of nitrogens with one attached hydrogen (secondary N) is 2. The molecule has 0 aromatic carbocycles. The minimum Gasteiger partial charge on any atom is -0.472 e. The highest BCUT2D eigenvalue weighted by Gasteiger charge is 2.30. The van der Waals surface area contributed by atoms with Crippen molar-refractivity contribution < 1.29 is 4.74 Å². The lowest BCUT2D eigenvalue weighted by Crippen LogP contribution is -2.30. The Bertz CT molecular complexity index is 418. The molecule has 0 saturated heterocycles. The highest BCUT2D eigenvalue weighted by atomic mass is 32.2. The third-order valence-corrected chi connectivity index (χ3v) is 5.95. The van der Waals surface area contributed by atoms with Gasteiger partial charge in [0.25, 0.3) is 0 Å². The molecule has 0 radical (unpaired) electrons. The van der Waals surface area contributed by atoms with Crippen LogP contribution in [0.1, 0.15) is 75.2 Å². The van der Waals surface area contributed by atoms with Crippen molar-refractivity contribution in [1.29, 1.82) is 0 Å². The fourth-order valence-electron chi connectivity index (χ4n) is 1.75. The topological polar surface area (TPSA) is 36.5 Å². The minimum atomic E-state index is 0.0772. The number of unbranched alkanes of at least 4 members (excludes halogenated alkanes) is 1. The molecule has 0 aliphatic carbocycles. The van der Waals surface area contributed by atoms with Crippen molar-refractivity contribution in [2.45, 2.75) is 86.9 Å². The molecule has 4 nitrogen and oxygen atoms in total. The van der Waals surface area contributed by atoms with E-state index in [-0.39, 0.29) is 11.6 Å². The van der Waals surface area contributed by atoms with Crippen molar-refractivity contribution in [2.75, 3.05) is 19.8 Å². The Morgan fingerprint density at radius 2 is 1.74 bits per heavy atom. The van der Waals surface area contributed by atoms with Gasteiger partial charge in [-0.05, 0) is 7.05 Å². The molecule has 2 N–H and O–H groups in total. The number of hydrogen-bond acceptors (Lipinski definition) is 6. The normalized spacial score (nSPS) is 20.5. The molecule has 0 saturated carbocycles. The summed E-state index contributed by atoms with van der Waals surface area (Å²) in [5.41, 5.74) is 0.376. The van der Waals surface area contributed by atoms with Crippen molar-refractivity contribution >= 4 is 23.5 Å². The Labute approximate surface area is 178 Å². The summed E-state index contributed by atoms with van der Waals surface area (Å²) in [6.45, 7) is 18.9. The van der Waals surface area contributed by atoms with E-state index in [4.69, 9.17) is 4.74 Å². The Morgan fingerprint density at radius 3 is 2.11 bits per heavy atom. The Kier molecular flexibility index (Phi) is 17.6. The van der Waals surface area contributed by atoms with Gasteiger partial charge in [0.15, 0.2) is 6.23 Å². The SMILES string of the molecule is CC.CC.CCCC.CNC1NC=C(SCC2OC(C(C)(C)C)=CN2C)S1. The van der Waals surface area contributed by atoms with E-state index in [0.29, 0.717) is 5.50 Å². The average Bonchev–Trinajstić information content (AvgIpc) is 3.29. The van der Waals surface area contributed by atoms with Gasteiger partial charge in [-0.25, -0.2) is 0 Å². The van der Waals surface area contributed by atoms with E-state index in [1.54, 1.807) is 0 Å². The number of hydrogen-bond donors (Lipinski definition) is 2. The van der Waals surface area contributed by atoms with E-state index in [1.807, 2.05) is 58.3 Å². The van der Waals surface area contributed by atoms with E-state index in [2.05, 4.69) is 69.6 Å². The van der Waals surface area contributed by atoms with Gasteiger partial charge in [0, 0.05) is 24.9 Å². The average molecular weight is 420 g/mol. The van der Waals surface area contributed by atoms with Crippen LogP contribution in [0.2, 0.25) is 0 Å². The summed E-state index contributed by atoms with van der Waals surface area (Å²) < 4.78 is 7.35. The third-order valence-electron chi connectivity index (χ3n) is 3.49. The lowest BCUT2D eigenvalue weighted by atomic mass is 9.94. The van der Waals surface area contributed by atoms with Gasteiger partial charge in [0.05, 0.1) is 9.99 Å². The van der Waals surface area contributed by atoms with Crippen molar-refractivity contribution in [2.24, 2.45) is 5.41 Å². The summed E-state index contributed by atoms with van der Waals surface area (Å²) in [6, 6.07) is 0. The molecule has 0 fully saturated rings. The summed E-state index contributed by atoms with van der Waals surface area (Å²) in [6.07, 6.45) is 6.97. The van der Waals surface area contributed by atoms with Gasteiger partial charge in [-0.2, -0.15) is 0 Å². The predicted octanol–water partition coefficient (Wildman–Crippen LogP) is 6.39. The third kappa shape index (κ3) is 11.9. The van der Waals surface area contributed by atoms with Gasteiger partial charge in [-0.3, -0.25) is 5.32 Å². The first-order valence-corrected chi connectivity index (χ1v) is 12.2. The zero-order valence-electron chi connectivity index (χ0n) is 19.6. The van der Waals surface area contributed by atoms with Crippen LogP contribution in [0.3, 0.4) is 0 Å². The lowest BCUT2D eigenvalue weighted by molar-refractivity contribution is 0.0542. The zero-order chi connectivity index (χ0) is 21.5. The van der Waals surface area contributed by atoms with Crippen molar-refractivity contribution in [3.63, 3.8) is 0 Å². The molecule has 0 amide bonds. The molecule has 6 heteroatoms. The summed E-state index contributed by atoms with van der Waals surface area (Å²) in [5, 5.41) is 6.47. The summed E-state index contributed by atoms with van der Waals surface area (Å²) in [7, 11) is 4.04. The molecule has 0 aromatic rings. The van der Waals surface area contributed by atoms with E-state index < -0.39 is 0 Å². The standard InChI is InChI=1S/C13H23N3OS2.C4H10.2C2H6/c1-13(2,3)9-7-16(5)10(17-9)8-18-11-6-15-12(14-4)19-11;1-3-4-2;2*1-2/h6-7,10,12,14-15H,8H2,1-5H3;3-4H2,1-2H3;2*1-2H3. The molecule has 2 aliphatic heterocycles. The van der Waals surface area contributed by atoms with Crippen LogP contribution in [-0.4, -0.2) is 36.5 Å². The molecular weight excluding hydrogens is 374 g/mol. The van der Waals surface area contributed by atoms with Crippen LogP contribution in [0.4, 0.5) is 0 Å². The second-order valence-corrected chi connectivity index (χ2v) is 9.18. The number of allylic oxidation sites excluding steroid dienone is 1. The monoisotopic (exact) mass is 419 g/mol. The van der Waals surface area contributed by atoms with Crippen LogP contribution in [0, 0.1) is 5.41 Å². The highest BCUT2D eigenvalue weighted by Crippen LogP contribution is 2.37. The van der Waals surface area contributed by atoms with Gasteiger partial charge in [-0.1, -0.05) is 86.9 Å². The molecule has 0 aromatic heterocycles. The molecule has 2 heterocycles. The number of nitrogens with zero attached hydrogens (tertiary/aromatic N) is 1. The van der Waals surface area contributed by atoms with Gasteiger partial charge < -0.3 is 15.0 Å². The summed E-state index contributed by atoms with van der Waals surface area (Å²) in [5.74, 6) is 2.00. The number of ether oxygens (including phenoxy) is 1. The molecule has 0 bridgehead atoms. The zero-order valence-corrected chi connectivity index (χ0v) is 21.2. The molecule has 27 heavy (non-hydrogen) atoms. The van der Waals surface area contributed by atoms with Crippen LogP contribution in [0.5, 0.6) is 0 Å². The lowest BCUT2D eigenvalue weighted by Gasteiger charge is -2.23. The molecular formula is C21H45N3OS2. The van der Waals surface area contributed by atoms with E-state index in [9.17, 15) is 0 Å². The Balaban J connectivity index is 0. The second-order valence-electron chi connectivity index (χ2n) is 6.71. The first kappa shape index (κ1) is 28.7. The summed E-state index contributed by atoms with van der Waals surface area (Å²) in [4.78, 5) is 2.16. The summed E-state index contributed by atoms with van der Waals surface area (Å²) >= 11 is 3.65. The Hall–Kier alpha value is -0.460. The maximum Gasteiger partial charge on any atom is 0.180 e. The Morgan fingerprint density at radius 1 is 1.19 bits per heavy atom. The number of rotatable bonds is 5. The molecule has 0 spiro atoms. The molecule has 2 unspecified atom stereocenters. The van der Waals surface area contributed by atoms with Gasteiger partial charge in [0.1, 0.15) is 11.3 Å². The highest BCUT2D eigenvalue weighted by molar-refractivity contribution is 8.22. The first-order chi connectivity index (χ1) is 12.8. The minimum absolute atomic E-state index is 0.0772. The predicted molar refractivity (Wildman–Crippen MR) is 128 cm³/mol. The number of thioether (sulfide) groups is 2. The van der Waals surface area contributed by atoms with Crippen LogP contribution in [0.15, 0.2) is 22.4 Å². The maximum absolute atomic E-state index is 6.04. The maximum atomic E-state index is 6.04. The van der Waals surface area contributed by atoms with Crippen LogP contribution in [-0.2, 0) is 4.74 Å². The largest absolute Gasteiger partial charge is 0.472 e. The smallest absolute Gasteiger partial charge is 0.180 e. The molecule has 2 atom stereocenters. The van der Waals surface area contributed by atoms with Crippen LogP contribution >= 0.6 is 23.5 Å². The molecule has 2 rings (SSSR count). The van der Waals surface area contributed by atoms with E-state index >= 15 is 0 Å². The van der Waals surface area contributed by atoms with Gasteiger partial charge in [0.2, 0.25) is 0 Å². The fourth-order valence-corrected chi connectivity index (χ4v) is 3.90. The van der Waals surface area contributed by atoms with E-state index in [1.165, 1.54) is 17.1 Å². The van der Waals surface area contributed by atoms with Crippen molar-refractivity contribution in [3.8, 4) is 0 Å². The molecule has 2 aliphatic rings. The van der Waals surface area contributed by atoms with Crippen molar-refractivity contribution in [1.82, 2.24) is 15.5 Å². The quantitative estimate of drug-likeness (QED) is 0.537. The van der Waals surface area contributed by atoms with Crippen molar-refractivity contribution in [3.05, 3.63) is 22.4 Å². The van der Waals surface area contributed by atoms with Gasteiger partial charge >= 0.3 is 0 Å². The second kappa shape index (κ2) is 16.5. The van der Waals surface area contributed by atoms with E-state index in [0.717, 1.165) is 11.5 Å². The van der Waals surface area contributed by atoms with Crippen LogP contribution in [0.25, 0.3) is 0 Å².